The molecule has 0 saturated carbocycles. The molecule has 0 amide bonds. The second-order valence-corrected chi connectivity index (χ2v) is 6.86. The van der Waals surface area contributed by atoms with Crippen molar-refractivity contribution in [3.8, 4) is 0 Å². The Morgan fingerprint density at radius 2 is 1.40 bits per heavy atom. The molecule has 2 N–H and O–H groups in total. The fourth-order valence-electron chi connectivity index (χ4n) is 3.32. The summed E-state index contributed by atoms with van der Waals surface area (Å²) >= 11 is 0. The molecule has 2 heteroatoms. The lowest BCUT2D eigenvalue weighted by Crippen LogP contribution is -2.47. The summed E-state index contributed by atoms with van der Waals surface area (Å²) in [6.07, 6.45) is 16.8. The topological polar surface area (TPSA) is 29.3 Å². The van der Waals surface area contributed by atoms with E-state index in [4.69, 9.17) is 5.73 Å². The van der Waals surface area contributed by atoms with Gasteiger partial charge >= 0.3 is 0 Å². The van der Waals surface area contributed by atoms with Crippen molar-refractivity contribution in [1.82, 2.24) is 4.90 Å². The molecule has 1 rings (SSSR count). The number of nitrogens with two attached hydrogens (primary N) is 1. The van der Waals surface area contributed by atoms with Crippen LogP contribution in [0.4, 0.5) is 0 Å². The molecule has 0 aromatic rings. The zero-order valence-electron chi connectivity index (χ0n) is 14.1. The Balaban J connectivity index is 1.86. The van der Waals surface area contributed by atoms with Gasteiger partial charge in [-0.05, 0) is 32.7 Å². The zero-order chi connectivity index (χ0) is 14.6. The van der Waals surface area contributed by atoms with E-state index in [1.807, 2.05) is 0 Å². The summed E-state index contributed by atoms with van der Waals surface area (Å²) in [6, 6.07) is 1.18. The average Bonchev–Trinajstić information content (AvgIpc) is 2.44. The third-order valence-electron chi connectivity index (χ3n) is 4.85. The molecule has 2 atom stereocenters. The van der Waals surface area contributed by atoms with Gasteiger partial charge in [-0.2, -0.15) is 0 Å². The highest BCUT2D eigenvalue weighted by Gasteiger charge is 2.22. The first kappa shape index (κ1) is 18.0. The van der Waals surface area contributed by atoms with Gasteiger partial charge in [0.25, 0.3) is 0 Å². The smallest absolute Gasteiger partial charge is 0.0168 e. The van der Waals surface area contributed by atoms with Crippen LogP contribution in [0.3, 0.4) is 0 Å². The van der Waals surface area contributed by atoms with E-state index in [2.05, 4.69) is 18.7 Å². The maximum atomic E-state index is 6.07. The lowest BCUT2D eigenvalue weighted by Gasteiger charge is -2.36. The fourth-order valence-corrected chi connectivity index (χ4v) is 3.32. The molecule has 0 spiro atoms. The fraction of sp³-hybridized carbons (Fsp3) is 1.00. The Labute approximate surface area is 127 Å². The molecular formula is C18H38N2. The monoisotopic (exact) mass is 282 g/mol. The first-order valence-electron chi connectivity index (χ1n) is 9.23. The first-order valence-corrected chi connectivity index (χ1v) is 9.23. The van der Waals surface area contributed by atoms with Crippen molar-refractivity contribution in [1.29, 1.82) is 0 Å². The van der Waals surface area contributed by atoms with Crippen LogP contribution in [0, 0.1) is 0 Å². The second kappa shape index (κ2) is 11.6. The first-order chi connectivity index (χ1) is 9.74. The van der Waals surface area contributed by atoms with Crippen molar-refractivity contribution in [2.75, 3.05) is 13.1 Å². The summed E-state index contributed by atoms with van der Waals surface area (Å²) in [4.78, 5) is 2.61. The Morgan fingerprint density at radius 3 is 2.00 bits per heavy atom. The van der Waals surface area contributed by atoms with Gasteiger partial charge < -0.3 is 5.73 Å². The molecule has 1 aliphatic heterocycles. The van der Waals surface area contributed by atoms with Gasteiger partial charge in [-0.15, -0.1) is 0 Å². The second-order valence-electron chi connectivity index (χ2n) is 6.86. The highest BCUT2D eigenvalue weighted by Crippen LogP contribution is 2.17. The molecule has 0 aromatic heterocycles. The van der Waals surface area contributed by atoms with Crippen LogP contribution >= 0.6 is 0 Å². The molecule has 120 valence electrons. The molecule has 0 aliphatic carbocycles. The predicted octanol–water partition coefficient (Wildman–Crippen LogP) is 4.72. The van der Waals surface area contributed by atoms with Crippen molar-refractivity contribution < 1.29 is 0 Å². The highest BCUT2D eigenvalue weighted by molar-refractivity contribution is 4.80. The lowest BCUT2D eigenvalue weighted by atomic mass is 9.99. The van der Waals surface area contributed by atoms with Gasteiger partial charge in [-0.25, -0.2) is 0 Å². The van der Waals surface area contributed by atoms with E-state index in [0.29, 0.717) is 6.04 Å². The molecule has 20 heavy (non-hydrogen) atoms. The minimum atomic E-state index is 0.425. The predicted molar refractivity (Wildman–Crippen MR) is 90.1 cm³/mol. The number of piperidine rings is 1. The van der Waals surface area contributed by atoms with E-state index in [-0.39, 0.29) is 0 Å². The normalized spacial score (nSPS) is 24.1. The molecule has 1 heterocycles. The highest BCUT2D eigenvalue weighted by atomic mass is 15.2. The molecular weight excluding hydrogens is 244 g/mol. The van der Waals surface area contributed by atoms with Crippen LogP contribution < -0.4 is 5.73 Å². The number of likely N-dealkylation sites (tertiary alicyclic amines) is 1. The van der Waals surface area contributed by atoms with E-state index in [9.17, 15) is 0 Å². The van der Waals surface area contributed by atoms with E-state index in [0.717, 1.165) is 12.6 Å². The zero-order valence-corrected chi connectivity index (χ0v) is 14.1. The summed E-state index contributed by atoms with van der Waals surface area (Å²) in [5.41, 5.74) is 6.07. The molecule has 0 bridgehead atoms. The summed E-state index contributed by atoms with van der Waals surface area (Å²) in [7, 11) is 0. The molecule has 1 aliphatic rings. The number of hydrogen-bond donors (Lipinski definition) is 1. The quantitative estimate of drug-likeness (QED) is 0.556. The van der Waals surface area contributed by atoms with Crippen LogP contribution in [0.15, 0.2) is 0 Å². The van der Waals surface area contributed by atoms with Gasteiger partial charge in [0.1, 0.15) is 0 Å². The van der Waals surface area contributed by atoms with Crippen LogP contribution in [0.2, 0.25) is 0 Å². The number of unbranched alkanes of at least 4 members (excludes halogenated alkanes) is 9. The van der Waals surface area contributed by atoms with E-state index in [1.165, 1.54) is 83.6 Å². The Kier molecular flexibility index (Phi) is 10.4. The summed E-state index contributed by atoms with van der Waals surface area (Å²) in [6.45, 7) is 7.04. The SMILES string of the molecule is CCCCCCCCCCCCN1CC(N)CCC1C. The van der Waals surface area contributed by atoms with Crippen LogP contribution in [0.1, 0.15) is 90.9 Å². The number of hydrogen-bond acceptors (Lipinski definition) is 2. The largest absolute Gasteiger partial charge is 0.327 e. The van der Waals surface area contributed by atoms with Crippen LogP contribution in [-0.2, 0) is 0 Å². The summed E-state index contributed by atoms with van der Waals surface area (Å²) in [5, 5.41) is 0. The van der Waals surface area contributed by atoms with E-state index >= 15 is 0 Å². The minimum absolute atomic E-state index is 0.425. The van der Waals surface area contributed by atoms with Crippen molar-refractivity contribution in [3.05, 3.63) is 0 Å². The third kappa shape index (κ3) is 8.26. The molecule has 2 unspecified atom stereocenters. The maximum Gasteiger partial charge on any atom is 0.0168 e. The summed E-state index contributed by atoms with van der Waals surface area (Å²) in [5.74, 6) is 0. The van der Waals surface area contributed by atoms with Gasteiger partial charge in [0.15, 0.2) is 0 Å². The van der Waals surface area contributed by atoms with Gasteiger partial charge in [0.2, 0.25) is 0 Å². The van der Waals surface area contributed by atoms with Gasteiger partial charge in [0, 0.05) is 18.6 Å². The summed E-state index contributed by atoms with van der Waals surface area (Å²) < 4.78 is 0. The van der Waals surface area contributed by atoms with Crippen LogP contribution in [0.25, 0.3) is 0 Å². The van der Waals surface area contributed by atoms with Crippen LogP contribution in [-0.4, -0.2) is 30.1 Å². The standard InChI is InChI=1S/C18H38N2/c1-3-4-5-6-7-8-9-10-11-12-15-20-16-18(19)14-13-17(20)2/h17-18H,3-16,19H2,1-2H3. The van der Waals surface area contributed by atoms with E-state index < -0.39 is 0 Å². The molecule has 1 fully saturated rings. The Morgan fingerprint density at radius 1 is 0.850 bits per heavy atom. The van der Waals surface area contributed by atoms with Crippen molar-refractivity contribution >= 4 is 0 Å². The number of rotatable bonds is 11. The molecule has 2 nitrogen and oxygen atoms in total. The molecule has 0 radical (unpaired) electrons. The van der Waals surface area contributed by atoms with Gasteiger partial charge in [-0.1, -0.05) is 64.7 Å². The van der Waals surface area contributed by atoms with Crippen molar-refractivity contribution in [2.24, 2.45) is 5.73 Å². The van der Waals surface area contributed by atoms with Gasteiger partial charge in [0.05, 0.1) is 0 Å². The van der Waals surface area contributed by atoms with Crippen LogP contribution in [0.5, 0.6) is 0 Å². The Bertz CT molecular complexity index is 217. The van der Waals surface area contributed by atoms with Crippen molar-refractivity contribution in [2.45, 2.75) is 103 Å². The third-order valence-corrected chi connectivity index (χ3v) is 4.85. The lowest BCUT2D eigenvalue weighted by molar-refractivity contribution is 0.143. The van der Waals surface area contributed by atoms with Gasteiger partial charge in [-0.3, -0.25) is 4.90 Å². The minimum Gasteiger partial charge on any atom is -0.327 e. The van der Waals surface area contributed by atoms with Crippen molar-refractivity contribution in [3.63, 3.8) is 0 Å². The molecule has 0 aromatic carbocycles. The Hall–Kier alpha value is -0.0800. The maximum absolute atomic E-state index is 6.07. The van der Waals surface area contributed by atoms with E-state index in [1.54, 1.807) is 0 Å². The number of nitrogens with zero attached hydrogens (tertiary/aromatic N) is 1. The average molecular weight is 283 g/mol. The molecule has 1 saturated heterocycles.